The number of amides is 2. The average Bonchev–Trinajstić information content (AvgIpc) is 3.06. The fraction of sp³-hybridized carbons (Fsp3) is 0.229. The van der Waals surface area contributed by atoms with Gasteiger partial charge in [-0.3, -0.25) is 5.43 Å². The van der Waals surface area contributed by atoms with E-state index in [9.17, 15) is 19.5 Å². The van der Waals surface area contributed by atoms with Crippen LogP contribution in [0.15, 0.2) is 109 Å². The number of phenolic OH excluding ortho intramolecular Hbond substituents is 1. The zero-order chi connectivity index (χ0) is 32.1. The van der Waals surface area contributed by atoms with Gasteiger partial charge in [-0.1, -0.05) is 97.1 Å². The Morgan fingerprint density at radius 1 is 0.733 bits per heavy atom. The number of rotatable bonds is 14. The van der Waals surface area contributed by atoms with Crippen LogP contribution in [0.5, 0.6) is 11.5 Å². The molecular weight excluding hydrogens is 574 g/mol. The largest absolute Gasteiger partial charge is 0.504 e. The lowest BCUT2D eigenvalue weighted by molar-refractivity contribution is -0.153. The molecule has 0 bridgehead atoms. The Morgan fingerprint density at radius 3 is 1.84 bits per heavy atom. The molecule has 45 heavy (non-hydrogen) atoms. The summed E-state index contributed by atoms with van der Waals surface area (Å²) in [5.74, 6) is -1.07. The molecule has 2 amide bonds. The van der Waals surface area contributed by atoms with Gasteiger partial charge in [0.05, 0.1) is 0 Å². The number of esters is 2. The molecule has 10 heteroatoms. The van der Waals surface area contributed by atoms with Gasteiger partial charge in [0.15, 0.2) is 11.5 Å². The second kappa shape index (κ2) is 15.9. The first-order chi connectivity index (χ1) is 21.7. The van der Waals surface area contributed by atoms with Crippen molar-refractivity contribution in [1.82, 2.24) is 16.2 Å². The first kappa shape index (κ1) is 32.6. The van der Waals surface area contributed by atoms with E-state index in [1.165, 1.54) is 13.0 Å². The number of urea groups is 1. The van der Waals surface area contributed by atoms with E-state index in [2.05, 4.69) is 16.2 Å². The lowest BCUT2D eigenvalue weighted by Crippen LogP contribution is -2.61. The fourth-order valence-electron chi connectivity index (χ4n) is 4.32. The lowest BCUT2D eigenvalue weighted by Gasteiger charge is -2.29. The standard InChI is InChI=1S/C35H37N3O7/c1-25(32(40)44-23-27-14-8-4-9-15-27)36-34(42)37-38-35(2,33(41)45-24-28-16-10-5-11-17-28)21-29-18-19-30(39)31(20-29)43-22-26-12-6-3-7-13-26/h3-20,25,38-39H,21-24H2,1-2H3,(H2,36,37,42)/t25-,35-/m0/s1. The molecule has 0 spiro atoms. The van der Waals surface area contributed by atoms with Gasteiger partial charge in [-0.25, -0.2) is 19.8 Å². The van der Waals surface area contributed by atoms with Crippen molar-refractivity contribution in [3.05, 3.63) is 131 Å². The molecule has 0 radical (unpaired) electrons. The summed E-state index contributed by atoms with van der Waals surface area (Å²) in [6.45, 7) is 3.40. The highest BCUT2D eigenvalue weighted by Crippen LogP contribution is 2.29. The molecule has 234 valence electrons. The van der Waals surface area contributed by atoms with E-state index in [0.29, 0.717) is 5.56 Å². The van der Waals surface area contributed by atoms with Crippen LogP contribution >= 0.6 is 0 Å². The third-order valence-corrected chi connectivity index (χ3v) is 6.86. The maximum absolute atomic E-state index is 13.5. The number of nitrogens with one attached hydrogen (secondary N) is 3. The summed E-state index contributed by atoms with van der Waals surface area (Å²) in [5.41, 5.74) is 6.95. The number of hydrogen-bond acceptors (Lipinski definition) is 8. The van der Waals surface area contributed by atoms with Crippen LogP contribution < -0.4 is 20.9 Å². The number of ether oxygens (including phenoxy) is 3. The van der Waals surface area contributed by atoms with Gasteiger partial charge in [0.25, 0.3) is 0 Å². The van der Waals surface area contributed by atoms with Crippen molar-refractivity contribution in [3.63, 3.8) is 0 Å². The second-order valence-electron chi connectivity index (χ2n) is 10.7. The molecule has 10 nitrogen and oxygen atoms in total. The van der Waals surface area contributed by atoms with E-state index in [1.807, 2.05) is 91.0 Å². The quantitative estimate of drug-likeness (QED) is 0.116. The van der Waals surface area contributed by atoms with E-state index in [1.54, 1.807) is 19.1 Å². The summed E-state index contributed by atoms with van der Waals surface area (Å²) in [6, 6.07) is 30.9. The Balaban J connectivity index is 1.41. The van der Waals surface area contributed by atoms with Gasteiger partial charge < -0.3 is 24.6 Å². The van der Waals surface area contributed by atoms with E-state index < -0.39 is 29.6 Å². The maximum atomic E-state index is 13.5. The Morgan fingerprint density at radius 2 is 1.27 bits per heavy atom. The van der Waals surface area contributed by atoms with Crippen molar-refractivity contribution in [1.29, 1.82) is 0 Å². The molecule has 0 aliphatic heterocycles. The Hall–Kier alpha value is -5.35. The Bertz CT molecular complexity index is 1550. The molecule has 0 aliphatic carbocycles. The molecule has 4 N–H and O–H groups in total. The summed E-state index contributed by atoms with van der Waals surface area (Å²) < 4.78 is 16.8. The Labute approximate surface area is 262 Å². The molecule has 0 saturated carbocycles. The number of carbonyl (C=O) groups excluding carboxylic acids is 3. The van der Waals surface area contributed by atoms with Crippen molar-refractivity contribution in [2.45, 2.75) is 51.7 Å². The molecule has 0 aliphatic rings. The van der Waals surface area contributed by atoms with Gasteiger partial charge in [-0.15, -0.1) is 0 Å². The maximum Gasteiger partial charge on any atom is 0.329 e. The molecule has 0 saturated heterocycles. The van der Waals surface area contributed by atoms with Crippen molar-refractivity contribution < 1.29 is 33.7 Å². The highest BCUT2D eigenvalue weighted by Gasteiger charge is 2.36. The van der Waals surface area contributed by atoms with Crippen LogP contribution in [0.1, 0.15) is 36.1 Å². The number of phenols is 1. The number of hydrazine groups is 1. The number of carbonyl (C=O) groups is 3. The predicted octanol–water partition coefficient (Wildman–Crippen LogP) is 4.95. The van der Waals surface area contributed by atoms with Crippen molar-refractivity contribution in [2.75, 3.05) is 0 Å². The summed E-state index contributed by atoms with van der Waals surface area (Å²) in [6.07, 6.45) is 0.0531. The zero-order valence-corrected chi connectivity index (χ0v) is 25.2. The highest BCUT2D eigenvalue weighted by molar-refractivity contribution is 5.84. The van der Waals surface area contributed by atoms with E-state index in [0.717, 1.165) is 16.7 Å². The van der Waals surface area contributed by atoms with Gasteiger partial charge in [0.1, 0.15) is 31.4 Å². The molecule has 0 heterocycles. The van der Waals surface area contributed by atoms with E-state index in [4.69, 9.17) is 14.2 Å². The monoisotopic (exact) mass is 611 g/mol. The average molecular weight is 612 g/mol. The SMILES string of the molecule is C[C@H](NC(=O)NN[C@@](C)(Cc1ccc(O)c(OCc2ccccc2)c1)C(=O)OCc1ccccc1)C(=O)OCc1ccccc1. The lowest BCUT2D eigenvalue weighted by atomic mass is 9.93. The van der Waals surface area contributed by atoms with Gasteiger partial charge >= 0.3 is 18.0 Å². The van der Waals surface area contributed by atoms with Crippen LogP contribution in [0.4, 0.5) is 4.79 Å². The normalized spacial score (nSPS) is 12.7. The van der Waals surface area contributed by atoms with Crippen LogP contribution in [-0.4, -0.2) is 34.7 Å². The van der Waals surface area contributed by atoms with Gasteiger partial charge in [0, 0.05) is 6.42 Å². The van der Waals surface area contributed by atoms with Crippen molar-refractivity contribution in [3.8, 4) is 11.5 Å². The van der Waals surface area contributed by atoms with Crippen molar-refractivity contribution in [2.24, 2.45) is 0 Å². The highest BCUT2D eigenvalue weighted by atomic mass is 16.5. The third-order valence-electron chi connectivity index (χ3n) is 6.86. The smallest absolute Gasteiger partial charge is 0.329 e. The topological polar surface area (TPSA) is 135 Å². The van der Waals surface area contributed by atoms with Crippen molar-refractivity contribution >= 4 is 18.0 Å². The summed E-state index contributed by atoms with van der Waals surface area (Å²) in [5, 5.41) is 12.9. The van der Waals surface area contributed by atoms with Crippen LogP contribution in [0, 0.1) is 0 Å². The van der Waals surface area contributed by atoms with Crippen LogP contribution in [-0.2, 0) is 45.3 Å². The van der Waals surface area contributed by atoms with Crippen LogP contribution in [0.25, 0.3) is 0 Å². The zero-order valence-electron chi connectivity index (χ0n) is 25.2. The minimum atomic E-state index is -1.46. The van der Waals surface area contributed by atoms with Gasteiger partial charge in [-0.05, 0) is 48.2 Å². The first-order valence-electron chi connectivity index (χ1n) is 14.5. The molecule has 4 aromatic rings. The molecule has 4 aromatic carbocycles. The van der Waals surface area contributed by atoms with Gasteiger partial charge in [0.2, 0.25) is 0 Å². The molecule has 0 aromatic heterocycles. The first-order valence-corrected chi connectivity index (χ1v) is 14.5. The molecule has 4 rings (SSSR count). The summed E-state index contributed by atoms with van der Waals surface area (Å²) in [4.78, 5) is 38.6. The minimum absolute atomic E-state index is 0.0223. The molecule has 0 unspecified atom stereocenters. The van der Waals surface area contributed by atoms with Gasteiger partial charge in [-0.2, -0.15) is 0 Å². The number of hydrogen-bond donors (Lipinski definition) is 4. The van der Waals surface area contributed by atoms with Crippen LogP contribution in [0.3, 0.4) is 0 Å². The molecule has 2 atom stereocenters. The summed E-state index contributed by atoms with van der Waals surface area (Å²) in [7, 11) is 0. The van der Waals surface area contributed by atoms with E-state index >= 15 is 0 Å². The second-order valence-corrected chi connectivity index (χ2v) is 10.7. The third kappa shape index (κ3) is 10.1. The number of aromatic hydroxyl groups is 1. The predicted molar refractivity (Wildman–Crippen MR) is 168 cm³/mol. The number of benzene rings is 4. The molecular formula is C35H37N3O7. The van der Waals surface area contributed by atoms with E-state index in [-0.39, 0.29) is 37.7 Å². The molecule has 0 fully saturated rings. The summed E-state index contributed by atoms with van der Waals surface area (Å²) >= 11 is 0. The fourth-order valence-corrected chi connectivity index (χ4v) is 4.32. The Kier molecular flexibility index (Phi) is 11.5. The minimum Gasteiger partial charge on any atom is -0.504 e. The van der Waals surface area contributed by atoms with Crippen LogP contribution in [0.2, 0.25) is 0 Å².